The topological polar surface area (TPSA) is 31.4 Å². The molecule has 0 unspecified atom stereocenters. The van der Waals surface area contributed by atoms with E-state index in [0.717, 1.165) is 16.9 Å². The summed E-state index contributed by atoms with van der Waals surface area (Å²) in [5, 5.41) is 0. The molecule has 0 atom stereocenters. The van der Waals surface area contributed by atoms with Gasteiger partial charge >= 0.3 is 0 Å². The molecule has 0 N–H and O–H groups in total. The van der Waals surface area contributed by atoms with E-state index in [1.54, 1.807) is 13.3 Å². The van der Waals surface area contributed by atoms with Crippen LogP contribution in [0, 0.1) is 13.8 Å². The van der Waals surface area contributed by atoms with Gasteiger partial charge in [-0.3, -0.25) is 0 Å². The van der Waals surface area contributed by atoms with Gasteiger partial charge in [0, 0.05) is 6.20 Å². The first-order valence-corrected chi connectivity index (χ1v) is 5.88. The summed E-state index contributed by atoms with van der Waals surface area (Å²) >= 11 is 0. The van der Waals surface area contributed by atoms with Gasteiger partial charge in [0.2, 0.25) is 5.88 Å². The van der Waals surface area contributed by atoms with Crippen molar-refractivity contribution in [2.24, 2.45) is 0 Å². The van der Waals surface area contributed by atoms with Gasteiger partial charge < -0.3 is 9.47 Å². The molecule has 1 aromatic carbocycles. The average molecular weight is 243 g/mol. The molecule has 1 heterocycles. The molecule has 0 spiro atoms. The third-order valence-electron chi connectivity index (χ3n) is 2.76. The van der Waals surface area contributed by atoms with Crippen LogP contribution in [0.4, 0.5) is 0 Å². The number of rotatable bonds is 4. The van der Waals surface area contributed by atoms with Crippen molar-refractivity contribution in [2.75, 3.05) is 7.11 Å². The molecule has 94 valence electrons. The Morgan fingerprint density at radius 2 is 2.00 bits per heavy atom. The van der Waals surface area contributed by atoms with E-state index in [9.17, 15) is 0 Å². The van der Waals surface area contributed by atoms with E-state index in [1.807, 2.05) is 31.2 Å². The molecule has 0 amide bonds. The van der Waals surface area contributed by atoms with Crippen LogP contribution in [0.5, 0.6) is 11.6 Å². The zero-order chi connectivity index (χ0) is 13.0. The summed E-state index contributed by atoms with van der Waals surface area (Å²) in [7, 11) is 1.61. The number of ether oxygens (including phenoxy) is 2. The number of methoxy groups -OCH3 is 1. The molecule has 3 heteroatoms. The smallest absolute Gasteiger partial charge is 0.219 e. The Labute approximate surface area is 107 Å². The largest absolute Gasteiger partial charge is 0.488 e. The second kappa shape index (κ2) is 5.54. The van der Waals surface area contributed by atoms with Crippen molar-refractivity contribution in [1.82, 2.24) is 4.98 Å². The van der Waals surface area contributed by atoms with Gasteiger partial charge in [0.15, 0.2) is 0 Å². The molecule has 0 saturated heterocycles. The van der Waals surface area contributed by atoms with Crippen molar-refractivity contribution in [3.8, 4) is 11.6 Å². The molecular formula is C15H17NO2. The van der Waals surface area contributed by atoms with Gasteiger partial charge in [-0.05, 0) is 37.6 Å². The first-order chi connectivity index (χ1) is 8.70. The molecule has 3 nitrogen and oxygen atoms in total. The van der Waals surface area contributed by atoms with Gasteiger partial charge in [-0.1, -0.05) is 17.7 Å². The maximum Gasteiger partial charge on any atom is 0.219 e. The Morgan fingerprint density at radius 1 is 1.17 bits per heavy atom. The van der Waals surface area contributed by atoms with Gasteiger partial charge in [-0.15, -0.1) is 0 Å². The van der Waals surface area contributed by atoms with Crippen LogP contribution in [-0.2, 0) is 6.61 Å². The van der Waals surface area contributed by atoms with Gasteiger partial charge in [-0.25, -0.2) is 4.98 Å². The first-order valence-electron chi connectivity index (χ1n) is 5.88. The predicted molar refractivity (Wildman–Crippen MR) is 71.0 cm³/mol. The van der Waals surface area contributed by atoms with Crippen LogP contribution >= 0.6 is 0 Å². The van der Waals surface area contributed by atoms with E-state index >= 15 is 0 Å². The zero-order valence-corrected chi connectivity index (χ0v) is 10.9. The van der Waals surface area contributed by atoms with Crippen LogP contribution in [0.25, 0.3) is 0 Å². The highest BCUT2D eigenvalue weighted by Gasteiger charge is 2.05. The van der Waals surface area contributed by atoms with Crippen LogP contribution in [0.2, 0.25) is 0 Å². The molecule has 0 radical (unpaired) electrons. The lowest BCUT2D eigenvalue weighted by molar-refractivity contribution is 0.292. The second-order valence-electron chi connectivity index (χ2n) is 4.23. The fourth-order valence-electron chi connectivity index (χ4n) is 1.83. The van der Waals surface area contributed by atoms with Gasteiger partial charge in [0.25, 0.3) is 0 Å². The quantitative estimate of drug-likeness (QED) is 0.825. The van der Waals surface area contributed by atoms with Crippen molar-refractivity contribution in [3.05, 3.63) is 53.2 Å². The number of hydrogen-bond donors (Lipinski definition) is 0. The van der Waals surface area contributed by atoms with Crippen LogP contribution < -0.4 is 9.47 Å². The molecule has 0 saturated carbocycles. The molecular weight excluding hydrogens is 226 g/mol. The maximum atomic E-state index is 5.80. The molecule has 0 aliphatic heterocycles. The molecule has 18 heavy (non-hydrogen) atoms. The minimum Gasteiger partial charge on any atom is -0.488 e. The normalized spacial score (nSPS) is 10.2. The summed E-state index contributed by atoms with van der Waals surface area (Å²) < 4.78 is 11.0. The minimum absolute atomic E-state index is 0.459. The van der Waals surface area contributed by atoms with E-state index in [0.29, 0.717) is 12.5 Å². The lowest BCUT2D eigenvalue weighted by atomic mass is 10.1. The van der Waals surface area contributed by atoms with Crippen LogP contribution in [0.15, 0.2) is 36.5 Å². The third-order valence-corrected chi connectivity index (χ3v) is 2.76. The lowest BCUT2D eigenvalue weighted by Gasteiger charge is -2.11. The summed E-state index contributed by atoms with van der Waals surface area (Å²) in [6, 6.07) is 9.98. The molecule has 0 aliphatic carbocycles. The van der Waals surface area contributed by atoms with Gasteiger partial charge in [-0.2, -0.15) is 0 Å². The van der Waals surface area contributed by atoms with Crippen molar-refractivity contribution >= 4 is 0 Å². The Morgan fingerprint density at radius 3 is 2.72 bits per heavy atom. The van der Waals surface area contributed by atoms with E-state index in [2.05, 4.69) is 18.0 Å². The van der Waals surface area contributed by atoms with E-state index in [1.165, 1.54) is 5.56 Å². The zero-order valence-electron chi connectivity index (χ0n) is 10.9. The highest BCUT2D eigenvalue weighted by Crippen LogP contribution is 2.22. The summed E-state index contributed by atoms with van der Waals surface area (Å²) in [6.07, 6.45) is 1.71. The first kappa shape index (κ1) is 12.4. The van der Waals surface area contributed by atoms with Gasteiger partial charge in [0.05, 0.1) is 12.7 Å². The fraction of sp³-hybridized carbons (Fsp3) is 0.267. The summed E-state index contributed by atoms with van der Waals surface area (Å²) in [5.41, 5.74) is 3.32. The van der Waals surface area contributed by atoms with Crippen molar-refractivity contribution in [3.63, 3.8) is 0 Å². The van der Waals surface area contributed by atoms with Crippen LogP contribution in [-0.4, -0.2) is 12.1 Å². The van der Waals surface area contributed by atoms with E-state index < -0.39 is 0 Å². The molecule has 0 bridgehead atoms. The van der Waals surface area contributed by atoms with E-state index in [4.69, 9.17) is 9.47 Å². The molecule has 1 aromatic heterocycles. The number of aryl methyl sites for hydroxylation is 2. The summed E-state index contributed by atoms with van der Waals surface area (Å²) in [4.78, 5) is 4.14. The summed E-state index contributed by atoms with van der Waals surface area (Å²) in [6.45, 7) is 4.57. The van der Waals surface area contributed by atoms with Crippen molar-refractivity contribution in [1.29, 1.82) is 0 Å². The molecule has 0 aliphatic rings. The molecule has 0 fully saturated rings. The minimum atomic E-state index is 0.459. The highest BCUT2D eigenvalue weighted by atomic mass is 16.5. The Balaban J connectivity index is 2.11. The molecule has 2 aromatic rings. The van der Waals surface area contributed by atoms with E-state index in [-0.39, 0.29) is 0 Å². The highest BCUT2D eigenvalue weighted by molar-refractivity contribution is 5.36. The average Bonchev–Trinajstić information content (AvgIpc) is 2.38. The standard InChI is InChI=1S/C15H17NO2/c1-11-6-7-14(12(2)9-11)18-10-13-5-4-8-16-15(13)17-3/h4-9H,10H2,1-3H3. The number of nitrogens with zero attached hydrogens (tertiary/aromatic N) is 1. The Kier molecular flexibility index (Phi) is 3.82. The Bertz CT molecular complexity index is 538. The summed E-state index contributed by atoms with van der Waals surface area (Å²) in [5.74, 6) is 1.51. The third kappa shape index (κ3) is 2.80. The van der Waals surface area contributed by atoms with Crippen LogP contribution in [0.3, 0.4) is 0 Å². The fourth-order valence-corrected chi connectivity index (χ4v) is 1.83. The number of pyridine rings is 1. The van der Waals surface area contributed by atoms with Crippen LogP contribution in [0.1, 0.15) is 16.7 Å². The van der Waals surface area contributed by atoms with Crippen molar-refractivity contribution in [2.45, 2.75) is 20.5 Å². The van der Waals surface area contributed by atoms with Gasteiger partial charge in [0.1, 0.15) is 12.4 Å². The lowest BCUT2D eigenvalue weighted by Crippen LogP contribution is -2.01. The number of aromatic nitrogens is 1. The molecule has 2 rings (SSSR count). The number of benzene rings is 1. The number of hydrogen-bond acceptors (Lipinski definition) is 3. The Hall–Kier alpha value is -2.03. The second-order valence-corrected chi connectivity index (χ2v) is 4.23. The predicted octanol–water partition coefficient (Wildman–Crippen LogP) is 3.29. The SMILES string of the molecule is COc1ncccc1COc1ccc(C)cc1C. The van der Waals surface area contributed by atoms with Crippen molar-refractivity contribution < 1.29 is 9.47 Å². The monoisotopic (exact) mass is 243 g/mol. The maximum absolute atomic E-state index is 5.80.